The molecule has 0 aliphatic rings. The van der Waals surface area contributed by atoms with Crippen molar-refractivity contribution in [2.45, 2.75) is 0 Å². The summed E-state index contributed by atoms with van der Waals surface area (Å²) in [5, 5.41) is 2.33. The summed E-state index contributed by atoms with van der Waals surface area (Å²) < 4.78 is 0. The van der Waals surface area contributed by atoms with Crippen LogP contribution in [0.3, 0.4) is 0 Å². The third kappa shape index (κ3) is 4.65. The molecule has 0 atom stereocenters. The second-order valence-corrected chi connectivity index (χ2v) is 9.73. The molecule has 0 aliphatic heterocycles. The van der Waals surface area contributed by atoms with Crippen molar-refractivity contribution in [1.29, 1.82) is 0 Å². The quantitative estimate of drug-likeness (QED) is 0.231. The van der Waals surface area contributed by atoms with E-state index in [1.807, 2.05) is 36.5 Å². The molecule has 0 saturated carbocycles. The van der Waals surface area contributed by atoms with E-state index in [1.165, 1.54) is 16.5 Å². The smallest absolute Gasteiger partial charge is 0.160 e. The van der Waals surface area contributed by atoms with Gasteiger partial charge >= 0.3 is 0 Å². The fourth-order valence-corrected chi connectivity index (χ4v) is 5.07. The molecule has 3 heteroatoms. The Morgan fingerprint density at radius 2 is 0.875 bits per heavy atom. The first-order valence-corrected chi connectivity index (χ1v) is 13.4. The summed E-state index contributed by atoms with van der Waals surface area (Å²) in [6.07, 6.45) is 1.87. The lowest BCUT2D eigenvalue weighted by Crippen LogP contribution is -1.96. The molecule has 2 aromatic heterocycles. The maximum Gasteiger partial charge on any atom is 0.160 e. The number of pyridine rings is 1. The van der Waals surface area contributed by atoms with Gasteiger partial charge in [-0.05, 0) is 28.6 Å². The molecule has 0 bridgehead atoms. The highest BCUT2D eigenvalue weighted by molar-refractivity contribution is 5.94. The molecule has 5 aromatic carbocycles. The van der Waals surface area contributed by atoms with Crippen LogP contribution in [0.25, 0.3) is 67.1 Å². The highest BCUT2D eigenvalue weighted by atomic mass is 14.9. The van der Waals surface area contributed by atoms with Crippen molar-refractivity contribution < 1.29 is 0 Å². The number of aromatic nitrogens is 3. The molecule has 7 aromatic rings. The zero-order valence-electron chi connectivity index (χ0n) is 21.8. The minimum atomic E-state index is 0.708. The van der Waals surface area contributed by atoms with E-state index in [2.05, 4.69) is 115 Å². The number of benzene rings is 5. The summed E-state index contributed by atoms with van der Waals surface area (Å²) >= 11 is 0. The molecule has 0 unspecified atom stereocenters. The number of fused-ring (bicyclic) bond motifs is 1. The summed E-state index contributed by atoms with van der Waals surface area (Å²) in [5.41, 5.74) is 9.29. The Morgan fingerprint density at radius 3 is 1.52 bits per heavy atom. The lowest BCUT2D eigenvalue weighted by molar-refractivity contribution is 1.18. The summed E-state index contributed by atoms with van der Waals surface area (Å²) in [7, 11) is 0. The van der Waals surface area contributed by atoms with E-state index in [1.54, 1.807) is 0 Å². The van der Waals surface area contributed by atoms with E-state index >= 15 is 0 Å². The zero-order valence-corrected chi connectivity index (χ0v) is 21.8. The Balaban J connectivity index is 1.29. The van der Waals surface area contributed by atoms with Crippen LogP contribution in [0.15, 0.2) is 152 Å². The molecule has 0 spiro atoms. The maximum absolute atomic E-state index is 4.99. The van der Waals surface area contributed by atoms with Crippen molar-refractivity contribution >= 4 is 10.8 Å². The molecular weight excluding hydrogens is 486 g/mol. The predicted octanol–water partition coefficient (Wildman–Crippen LogP) is 9.36. The van der Waals surface area contributed by atoms with Gasteiger partial charge in [0.05, 0.1) is 17.1 Å². The van der Waals surface area contributed by atoms with Crippen LogP contribution >= 0.6 is 0 Å². The van der Waals surface area contributed by atoms with E-state index in [9.17, 15) is 0 Å². The summed E-state index contributed by atoms with van der Waals surface area (Å²) in [6.45, 7) is 0. The Labute approximate surface area is 233 Å². The van der Waals surface area contributed by atoms with Crippen LogP contribution in [0.2, 0.25) is 0 Å². The SMILES string of the molecule is c1ccc(-c2ccc(-c3cc(-c4ccc(-c5nccc6ccccc56)cc4)nc(-c4ccccc4)n3)cc2)cc1. The standard InChI is InChI=1S/C37H25N3/c1-3-9-26(10-4-1)27-15-17-29(18-16-27)34-25-35(40-37(39-34)32-12-5-2-6-13-32)30-19-21-31(22-20-30)36-33-14-8-7-11-28(33)23-24-38-36/h1-25H. The largest absolute Gasteiger partial charge is 0.256 e. The maximum atomic E-state index is 4.99. The van der Waals surface area contributed by atoms with E-state index in [0.717, 1.165) is 44.7 Å². The second kappa shape index (κ2) is 10.4. The van der Waals surface area contributed by atoms with Crippen LogP contribution in [0.5, 0.6) is 0 Å². The Bertz CT molecular complexity index is 1910. The third-order valence-electron chi connectivity index (χ3n) is 7.17. The molecule has 0 aliphatic carbocycles. The van der Waals surface area contributed by atoms with Crippen molar-refractivity contribution in [3.63, 3.8) is 0 Å². The fraction of sp³-hybridized carbons (Fsp3) is 0. The Kier molecular flexibility index (Phi) is 6.15. The molecule has 7 rings (SSSR count). The normalized spacial score (nSPS) is 11.0. The van der Waals surface area contributed by atoms with Crippen LogP contribution in [0.4, 0.5) is 0 Å². The van der Waals surface area contributed by atoms with Crippen molar-refractivity contribution in [3.05, 3.63) is 152 Å². The first-order valence-electron chi connectivity index (χ1n) is 13.4. The topological polar surface area (TPSA) is 38.7 Å². The Hall–Kier alpha value is -5.41. The van der Waals surface area contributed by atoms with E-state index in [0.29, 0.717) is 5.82 Å². The van der Waals surface area contributed by atoms with Crippen LogP contribution in [0, 0.1) is 0 Å². The molecular formula is C37H25N3. The van der Waals surface area contributed by atoms with Gasteiger partial charge in [-0.25, -0.2) is 9.97 Å². The molecule has 2 heterocycles. The van der Waals surface area contributed by atoms with Crippen molar-refractivity contribution in [2.24, 2.45) is 0 Å². The van der Waals surface area contributed by atoms with Crippen LogP contribution < -0.4 is 0 Å². The monoisotopic (exact) mass is 511 g/mol. The molecule has 0 N–H and O–H groups in total. The number of nitrogens with zero attached hydrogens (tertiary/aromatic N) is 3. The van der Waals surface area contributed by atoms with Crippen molar-refractivity contribution in [1.82, 2.24) is 15.0 Å². The first kappa shape index (κ1) is 23.7. The lowest BCUT2D eigenvalue weighted by atomic mass is 10.0. The van der Waals surface area contributed by atoms with Crippen molar-refractivity contribution in [2.75, 3.05) is 0 Å². The molecule has 0 amide bonds. The fourth-order valence-electron chi connectivity index (χ4n) is 5.07. The third-order valence-corrected chi connectivity index (χ3v) is 7.17. The van der Waals surface area contributed by atoms with Gasteiger partial charge in [0.1, 0.15) is 0 Å². The number of hydrogen-bond donors (Lipinski definition) is 0. The summed E-state index contributed by atoms with van der Waals surface area (Å²) in [5.74, 6) is 0.708. The van der Waals surface area contributed by atoms with E-state index < -0.39 is 0 Å². The minimum absolute atomic E-state index is 0.708. The number of rotatable bonds is 5. The summed E-state index contributed by atoms with van der Waals surface area (Å²) in [6, 6.07) is 50.1. The molecule has 188 valence electrons. The van der Waals surface area contributed by atoms with Crippen LogP contribution in [-0.2, 0) is 0 Å². The number of hydrogen-bond acceptors (Lipinski definition) is 3. The van der Waals surface area contributed by atoms with Crippen LogP contribution in [0.1, 0.15) is 0 Å². The van der Waals surface area contributed by atoms with Crippen LogP contribution in [-0.4, -0.2) is 15.0 Å². The van der Waals surface area contributed by atoms with Gasteiger partial charge in [0.25, 0.3) is 0 Å². The molecule has 40 heavy (non-hydrogen) atoms. The zero-order chi connectivity index (χ0) is 26.7. The van der Waals surface area contributed by atoms with Gasteiger partial charge in [-0.1, -0.05) is 133 Å². The van der Waals surface area contributed by atoms with Gasteiger partial charge in [-0.3, -0.25) is 4.98 Å². The van der Waals surface area contributed by atoms with E-state index in [4.69, 9.17) is 15.0 Å². The molecule has 0 saturated heterocycles. The van der Waals surface area contributed by atoms with Gasteiger partial charge in [0.2, 0.25) is 0 Å². The Morgan fingerprint density at radius 1 is 0.375 bits per heavy atom. The average molecular weight is 512 g/mol. The van der Waals surface area contributed by atoms with E-state index in [-0.39, 0.29) is 0 Å². The predicted molar refractivity (Wildman–Crippen MR) is 165 cm³/mol. The lowest BCUT2D eigenvalue weighted by Gasteiger charge is -2.11. The highest BCUT2D eigenvalue weighted by Gasteiger charge is 2.12. The van der Waals surface area contributed by atoms with Gasteiger partial charge in [-0.2, -0.15) is 0 Å². The highest BCUT2D eigenvalue weighted by Crippen LogP contribution is 2.31. The van der Waals surface area contributed by atoms with Gasteiger partial charge in [-0.15, -0.1) is 0 Å². The van der Waals surface area contributed by atoms with Crippen molar-refractivity contribution in [3.8, 4) is 56.3 Å². The molecule has 3 nitrogen and oxygen atoms in total. The molecule has 0 radical (unpaired) electrons. The first-order chi connectivity index (χ1) is 19.8. The average Bonchev–Trinajstić information content (AvgIpc) is 3.05. The molecule has 0 fully saturated rings. The minimum Gasteiger partial charge on any atom is -0.256 e. The van der Waals surface area contributed by atoms with Gasteiger partial charge in [0.15, 0.2) is 5.82 Å². The second-order valence-electron chi connectivity index (χ2n) is 9.73. The summed E-state index contributed by atoms with van der Waals surface area (Å²) in [4.78, 5) is 14.7. The van der Waals surface area contributed by atoms with Gasteiger partial charge in [0, 0.05) is 33.8 Å². The van der Waals surface area contributed by atoms with Gasteiger partial charge < -0.3 is 0 Å².